The van der Waals surface area contributed by atoms with E-state index in [0.717, 1.165) is 6.07 Å². The van der Waals surface area contributed by atoms with Crippen LogP contribution in [0.4, 0.5) is 13.2 Å². The number of aryl methyl sites for hydroxylation is 1. The Balaban J connectivity index is 2.64. The molecule has 0 aliphatic rings. The van der Waals surface area contributed by atoms with Gasteiger partial charge in [0.1, 0.15) is 5.69 Å². The van der Waals surface area contributed by atoms with Crippen molar-refractivity contribution < 1.29 is 17.9 Å². The lowest BCUT2D eigenvalue weighted by Gasteiger charge is -2.12. The Morgan fingerprint density at radius 1 is 1.35 bits per heavy atom. The number of rotatable bonds is 3. The highest BCUT2D eigenvalue weighted by atomic mass is 35.5. The van der Waals surface area contributed by atoms with Gasteiger partial charge in [-0.15, -0.1) is 0 Å². The molecule has 2 aromatic rings. The van der Waals surface area contributed by atoms with Gasteiger partial charge in [0.05, 0.1) is 12.1 Å². The Morgan fingerprint density at radius 3 is 2.60 bits per heavy atom. The van der Waals surface area contributed by atoms with Gasteiger partial charge >= 0.3 is 6.18 Å². The van der Waals surface area contributed by atoms with E-state index in [4.69, 9.17) is 16.3 Å². The van der Waals surface area contributed by atoms with Gasteiger partial charge in [-0.25, -0.2) is 4.68 Å². The first-order valence-electron chi connectivity index (χ1n) is 5.87. The Kier molecular flexibility index (Phi) is 3.94. The van der Waals surface area contributed by atoms with Crippen LogP contribution in [0.2, 0.25) is 5.02 Å². The molecule has 0 fully saturated rings. The maximum atomic E-state index is 12.8. The molecule has 2 rings (SSSR count). The van der Waals surface area contributed by atoms with Gasteiger partial charge in [0.2, 0.25) is 0 Å². The molecule has 0 spiro atoms. The molecule has 0 N–H and O–H groups in total. The highest BCUT2D eigenvalue weighted by Gasteiger charge is 2.35. The summed E-state index contributed by atoms with van der Waals surface area (Å²) in [6.45, 7) is 1.75. The summed E-state index contributed by atoms with van der Waals surface area (Å²) in [6.07, 6.45) is -4.08. The van der Waals surface area contributed by atoms with Crippen molar-refractivity contribution in [2.45, 2.75) is 19.5 Å². The highest BCUT2D eigenvalue weighted by molar-refractivity contribution is 6.32. The van der Waals surface area contributed by atoms with Crippen LogP contribution in [0, 0.1) is 0 Å². The monoisotopic (exact) mass is 304 g/mol. The average molecular weight is 305 g/mol. The molecule has 0 bridgehead atoms. The smallest absolute Gasteiger partial charge is 0.435 e. The average Bonchev–Trinajstić information content (AvgIpc) is 2.82. The lowest BCUT2D eigenvalue weighted by molar-refractivity contribution is -0.141. The third-order valence-corrected chi connectivity index (χ3v) is 3.11. The van der Waals surface area contributed by atoms with E-state index in [9.17, 15) is 13.2 Å². The molecule has 0 aliphatic carbocycles. The van der Waals surface area contributed by atoms with E-state index in [1.807, 2.05) is 0 Å². The van der Waals surface area contributed by atoms with Gasteiger partial charge in [-0.2, -0.15) is 18.3 Å². The molecule has 0 aliphatic heterocycles. The minimum absolute atomic E-state index is 0.292. The van der Waals surface area contributed by atoms with Crippen LogP contribution >= 0.6 is 11.6 Å². The summed E-state index contributed by atoms with van der Waals surface area (Å²) in [5, 5.41) is 3.94. The van der Waals surface area contributed by atoms with Gasteiger partial charge in [0.15, 0.2) is 11.4 Å². The molecular weight excluding hydrogens is 293 g/mol. The standard InChI is InChI=1S/C13H12ClF3N2O/c1-3-8-7-11(13(15,16)17)18-19(8)10-6-4-5-9(14)12(10)20-2/h4-7H,3H2,1-2H3. The fourth-order valence-corrected chi connectivity index (χ4v) is 2.13. The molecule has 3 nitrogen and oxygen atoms in total. The Bertz CT molecular complexity index is 623. The Morgan fingerprint density at radius 2 is 2.05 bits per heavy atom. The van der Waals surface area contributed by atoms with E-state index >= 15 is 0 Å². The van der Waals surface area contributed by atoms with Crippen LogP contribution in [-0.4, -0.2) is 16.9 Å². The first-order chi connectivity index (χ1) is 9.38. The molecular formula is C13H12ClF3N2O. The van der Waals surface area contributed by atoms with Gasteiger partial charge in [0.25, 0.3) is 0 Å². The molecule has 1 aromatic carbocycles. The van der Waals surface area contributed by atoms with Crippen LogP contribution in [-0.2, 0) is 12.6 Å². The minimum atomic E-state index is -4.49. The molecule has 0 saturated heterocycles. The summed E-state index contributed by atoms with van der Waals surface area (Å²) >= 11 is 5.98. The zero-order valence-electron chi connectivity index (χ0n) is 10.8. The summed E-state index contributed by atoms with van der Waals surface area (Å²) in [7, 11) is 1.41. The molecule has 20 heavy (non-hydrogen) atoms. The number of hydrogen-bond acceptors (Lipinski definition) is 2. The summed E-state index contributed by atoms with van der Waals surface area (Å²) in [5.41, 5.74) is -0.123. The van der Waals surface area contributed by atoms with Crippen LogP contribution in [0.3, 0.4) is 0 Å². The molecule has 0 radical (unpaired) electrons. The number of alkyl halides is 3. The molecule has 1 aromatic heterocycles. The van der Waals surface area contributed by atoms with Crippen molar-refractivity contribution in [3.8, 4) is 11.4 Å². The van der Waals surface area contributed by atoms with E-state index in [2.05, 4.69) is 5.10 Å². The van der Waals surface area contributed by atoms with Crippen molar-refractivity contribution in [1.82, 2.24) is 9.78 Å². The van der Waals surface area contributed by atoms with Crippen molar-refractivity contribution in [2.75, 3.05) is 7.11 Å². The summed E-state index contributed by atoms with van der Waals surface area (Å²) in [6, 6.07) is 5.87. The largest absolute Gasteiger partial charge is 0.493 e. The Labute approximate surface area is 118 Å². The number of halogens is 4. The zero-order chi connectivity index (χ0) is 14.9. The predicted molar refractivity (Wildman–Crippen MR) is 69.5 cm³/mol. The second kappa shape index (κ2) is 5.36. The number of nitrogens with zero attached hydrogens (tertiary/aromatic N) is 2. The van der Waals surface area contributed by atoms with Gasteiger partial charge in [-0.3, -0.25) is 0 Å². The third kappa shape index (κ3) is 2.60. The molecule has 0 atom stereocenters. The number of methoxy groups -OCH3 is 1. The second-order valence-electron chi connectivity index (χ2n) is 4.08. The molecule has 108 valence electrons. The maximum Gasteiger partial charge on any atom is 0.435 e. The lowest BCUT2D eigenvalue weighted by Crippen LogP contribution is -2.08. The minimum Gasteiger partial charge on any atom is -0.493 e. The first-order valence-corrected chi connectivity index (χ1v) is 6.25. The van der Waals surface area contributed by atoms with E-state index in [1.165, 1.54) is 11.8 Å². The van der Waals surface area contributed by atoms with Crippen molar-refractivity contribution >= 4 is 11.6 Å². The lowest BCUT2D eigenvalue weighted by atomic mass is 10.2. The van der Waals surface area contributed by atoms with Crippen LogP contribution < -0.4 is 4.74 Å². The fraction of sp³-hybridized carbons (Fsp3) is 0.308. The van der Waals surface area contributed by atoms with Gasteiger partial charge in [0, 0.05) is 5.69 Å². The predicted octanol–water partition coefficient (Wildman–Crippen LogP) is 4.12. The molecule has 0 unspecified atom stereocenters. The molecule has 0 saturated carbocycles. The Hall–Kier alpha value is -1.69. The number of para-hydroxylation sites is 1. The first kappa shape index (κ1) is 14.7. The van der Waals surface area contributed by atoms with Crippen molar-refractivity contribution in [3.63, 3.8) is 0 Å². The summed E-state index contributed by atoms with van der Waals surface area (Å²) in [5.74, 6) is 0.292. The topological polar surface area (TPSA) is 27.1 Å². The van der Waals surface area contributed by atoms with Crippen LogP contribution in [0.1, 0.15) is 18.3 Å². The van der Waals surface area contributed by atoms with Gasteiger partial charge in [-0.05, 0) is 24.6 Å². The van der Waals surface area contributed by atoms with E-state index in [0.29, 0.717) is 28.6 Å². The number of hydrogen-bond donors (Lipinski definition) is 0. The molecule has 7 heteroatoms. The fourth-order valence-electron chi connectivity index (χ4n) is 1.89. The van der Waals surface area contributed by atoms with E-state index in [1.54, 1.807) is 25.1 Å². The van der Waals surface area contributed by atoms with Crippen LogP contribution in [0.15, 0.2) is 24.3 Å². The van der Waals surface area contributed by atoms with E-state index < -0.39 is 11.9 Å². The third-order valence-electron chi connectivity index (χ3n) is 2.81. The SMILES string of the molecule is CCc1cc(C(F)(F)F)nn1-c1cccc(Cl)c1OC. The summed E-state index contributed by atoms with van der Waals surface area (Å²) in [4.78, 5) is 0. The molecule has 0 amide bonds. The van der Waals surface area contributed by atoms with Gasteiger partial charge < -0.3 is 4.74 Å². The van der Waals surface area contributed by atoms with Crippen LogP contribution in [0.5, 0.6) is 5.75 Å². The van der Waals surface area contributed by atoms with Crippen molar-refractivity contribution in [1.29, 1.82) is 0 Å². The molecule has 1 heterocycles. The highest BCUT2D eigenvalue weighted by Crippen LogP contribution is 2.34. The maximum absolute atomic E-state index is 12.8. The van der Waals surface area contributed by atoms with E-state index in [-0.39, 0.29) is 0 Å². The quantitative estimate of drug-likeness (QED) is 0.853. The summed E-state index contributed by atoms with van der Waals surface area (Å²) < 4.78 is 44.7. The number of ether oxygens (including phenoxy) is 1. The van der Waals surface area contributed by atoms with Crippen molar-refractivity contribution in [3.05, 3.63) is 40.7 Å². The number of aromatic nitrogens is 2. The zero-order valence-corrected chi connectivity index (χ0v) is 11.6. The normalized spacial score (nSPS) is 11.7. The van der Waals surface area contributed by atoms with Crippen LogP contribution in [0.25, 0.3) is 5.69 Å². The number of benzene rings is 1. The second-order valence-corrected chi connectivity index (χ2v) is 4.48. The van der Waals surface area contributed by atoms with Gasteiger partial charge in [-0.1, -0.05) is 24.6 Å². The van der Waals surface area contributed by atoms with Crippen molar-refractivity contribution in [2.24, 2.45) is 0 Å².